The van der Waals surface area contributed by atoms with Crippen LogP contribution in [0, 0.1) is 11.8 Å². The van der Waals surface area contributed by atoms with Crippen LogP contribution in [-0.4, -0.2) is 42.2 Å². The van der Waals surface area contributed by atoms with Gasteiger partial charge in [-0.2, -0.15) is 0 Å². The molecule has 0 spiro atoms. The van der Waals surface area contributed by atoms with Gasteiger partial charge < -0.3 is 10.6 Å². The van der Waals surface area contributed by atoms with Crippen molar-refractivity contribution in [2.45, 2.75) is 39.2 Å². The van der Waals surface area contributed by atoms with E-state index in [9.17, 15) is 0 Å². The monoisotopic (exact) mass is 255 g/mol. The van der Waals surface area contributed by atoms with Crippen molar-refractivity contribution in [1.29, 1.82) is 0 Å². The van der Waals surface area contributed by atoms with Crippen LogP contribution in [0.1, 0.15) is 33.1 Å². The summed E-state index contributed by atoms with van der Waals surface area (Å²) in [6.45, 7) is 8.93. The number of hydrogen-bond donors (Lipinski definition) is 2. The predicted octanol–water partition coefficient (Wildman–Crippen LogP) is 1.59. The van der Waals surface area contributed by atoms with Gasteiger partial charge in [-0.3, -0.25) is 4.90 Å². The molecule has 0 aromatic carbocycles. The molecule has 3 rings (SSSR count). The molecule has 0 radical (unpaired) electrons. The number of thiocarbonyl (C=S) groups is 1. The first kappa shape index (κ1) is 13.1. The van der Waals surface area contributed by atoms with Gasteiger partial charge in [0.1, 0.15) is 0 Å². The third-order valence-corrected chi connectivity index (χ3v) is 4.66. The van der Waals surface area contributed by atoms with Crippen LogP contribution in [0.25, 0.3) is 0 Å². The Balaban J connectivity index is 1.78. The average Bonchev–Trinajstić information content (AvgIpc) is 2.37. The van der Waals surface area contributed by atoms with Gasteiger partial charge in [-0.05, 0) is 50.4 Å². The molecule has 2 bridgehead atoms. The van der Waals surface area contributed by atoms with Gasteiger partial charge in [0, 0.05) is 25.7 Å². The summed E-state index contributed by atoms with van der Waals surface area (Å²) in [5.41, 5.74) is 0. The van der Waals surface area contributed by atoms with E-state index in [1.54, 1.807) is 0 Å². The molecule has 3 aliphatic heterocycles. The van der Waals surface area contributed by atoms with Gasteiger partial charge in [0.2, 0.25) is 0 Å². The normalized spacial score (nSPS) is 35.6. The number of hydrogen-bond acceptors (Lipinski definition) is 2. The van der Waals surface area contributed by atoms with Crippen molar-refractivity contribution >= 4 is 17.3 Å². The quantitative estimate of drug-likeness (QED) is 0.746. The first-order chi connectivity index (χ1) is 8.24. The highest BCUT2D eigenvalue weighted by Gasteiger charge is 2.38. The van der Waals surface area contributed by atoms with Gasteiger partial charge in [0.15, 0.2) is 5.11 Å². The van der Waals surface area contributed by atoms with Crippen LogP contribution in [0.4, 0.5) is 0 Å². The summed E-state index contributed by atoms with van der Waals surface area (Å²) < 4.78 is 0. The first-order valence-corrected chi connectivity index (χ1v) is 7.41. The van der Waals surface area contributed by atoms with Crippen molar-refractivity contribution in [3.05, 3.63) is 0 Å². The topological polar surface area (TPSA) is 27.3 Å². The number of nitrogens with one attached hydrogen (secondary N) is 2. The number of piperidine rings is 3. The van der Waals surface area contributed by atoms with Gasteiger partial charge in [-0.1, -0.05) is 13.3 Å². The molecule has 0 saturated carbocycles. The summed E-state index contributed by atoms with van der Waals surface area (Å²) in [5, 5.41) is 7.31. The highest BCUT2D eigenvalue weighted by atomic mass is 32.1. The van der Waals surface area contributed by atoms with Crippen molar-refractivity contribution in [1.82, 2.24) is 15.5 Å². The lowest BCUT2D eigenvalue weighted by Crippen LogP contribution is -2.57. The van der Waals surface area contributed by atoms with Crippen molar-refractivity contribution in [2.75, 3.05) is 26.2 Å². The summed E-state index contributed by atoms with van der Waals surface area (Å²) in [6, 6.07) is 0.702. The van der Waals surface area contributed by atoms with Crippen LogP contribution in [0.2, 0.25) is 0 Å². The zero-order valence-corrected chi connectivity index (χ0v) is 11.9. The molecular formula is C13H25N3S. The molecule has 4 atom stereocenters. The van der Waals surface area contributed by atoms with E-state index in [1.807, 2.05) is 0 Å². The SMILES string of the molecule is CCNC(=S)NC[C@H]1C[C@@H]2CCN1C[C@@H]2CC. The van der Waals surface area contributed by atoms with Crippen molar-refractivity contribution in [3.63, 3.8) is 0 Å². The van der Waals surface area contributed by atoms with Crippen molar-refractivity contribution in [3.8, 4) is 0 Å². The Hall–Kier alpha value is -0.350. The highest BCUT2D eigenvalue weighted by molar-refractivity contribution is 7.80. The van der Waals surface area contributed by atoms with Gasteiger partial charge in [0.25, 0.3) is 0 Å². The summed E-state index contributed by atoms with van der Waals surface area (Å²) in [5.74, 6) is 1.91. The van der Waals surface area contributed by atoms with Gasteiger partial charge in [0.05, 0.1) is 0 Å². The van der Waals surface area contributed by atoms with E-state index in [-0.39, 0.29) is 0 Å². The Kier molecular flexibility index (Phi) is 4.62. The maximum absolute atomic E-state index is 5.21. The van der Waals surface area contributed by atoms with E-state index < -0.39 is 0 Å². The second-order valence-electron chi connectivity index (χ2n) is 5.34. The largest absolute Gasteiger partial charge is 0.363 e. The molecule has 0 amide bonds. The first-order valence-electron chi connectivity index (χ1n) is 7.00. The Morgan fingerprint density at radius 3 is 2.76 bits per heavy atom. The molecule has 3 aliphatic rings. The molecule has 17 heavy (non-hydrogen) atoms. The number of nitrogens with zero attached hydrogens (tertiary/aromatic N) is 1. The Morgan fingerprint density at radius 1 is 1.35 bits per heavy atom. The van der Waals surface area contributed by atoms with Crippen LogP contribution in [0.15, 0.2) is 0 Å². The van der Waals surface area contributed by atoms with Gasteiger partial charge in [-0.25, -0.2) is 0 Å². The minimum absolute atomic E-state index is 0.702. The summed E-state index contributed by atoms with van der Waals surface area (Å²) in [6.07, 6.45) is 4.12. The van der Waals surface area contributed by atoms with Crippen LogP contribution < -0.4 is 10.6 Å². The Bertz CT molecular complexity index is 269. The maximum atomic E-state index is 5.21. The Labute approximate surface area is 110 Å². The van der Waals surface area contributed by atoms with Gasteiger partial charge in [-0.15, -0.1) is 0 Å². The number of rotatable bonds is 4. The lowest BCUT2D eigenvalue weighted by Gasteiger charge is -2.50. The van der Waals surface area contributed by atoms with E-state index in [1.165, 1.54) is 32.4 Å². The number of fused-ring (bicyclic) bond motifs is 3. The molecule has 3 nitrogen and oxygen atoms in total. The smallest absolute Gasteiger partial charge is 0.166 e. The molecule has 0 aliphatic carbocycles. The second-order valence-corrected chi connectivity index (χ2v) is 5.75. The van der Waals surface area contributed by atoms with Crippen LogP contribution >= 0.6 is 12.2 Å². The maximum Gasteiger partial charge on any atom is 0.166 e. The third kappa shape index (κ3) is 3.10. The van der Waals surface area contributed by atoms with E-state index in [0.29, 0.717) is 6.04 Å². The molecule has 4 heteroatoms. The standard InChI is InChI=1S/C13H25N3S/c1-3-10-9-16-6-5-11(10)7-12(16)8-15-13(17)14-4-2/h10-12H,3-9H2,1-2H3,(H2,14,15,17)/t10-,11-,12+/m0/s1. The molecule has 3 heterocycles. The fourth-order valence-electron chi connectivity index (χ4n) is 3.36. The van der Waals surface area contributed by atoms with Crippen LogP contribution in [0.5, 0.6) is 0 Å². The zero-order chi connectivity index (χ0) is 12.3. The fraction of sp³-hybridized carbons (Fsp3) is 0.923. The van der Waals surface area contributed by atoms with Crippen molar-refractivity contribution < 1.29 is 0 Å². The van der Waals surface area contributed by atoms with E-state index >= 15 is 0 Å². The minimum Gasteiger partial charge on any atom is -0.363 e. The summed E-state index contributed by atoms with van der Waals surface area (Å²) >= 11 is 5.21. The molecular weight excluding hydrogens is 230 g/mol. The zero-order valence-electron chi connectivity index (χ0n) is 11.0. The Morgan fingerprint density at radius 2 is 2.18 bits per heavy atom. The molecule has 2 N–H and O–H groups in total. The fourth-order valence-corrected chi connectivity index (χ4v) is 3.59. The molecule has 3 saturated heterocycles. The molecule has 1 unspecified atom stereocenters. The average molecular weight is 255 g/mol. The van der Waals surface area contributed by atoms with E-state index in [2.05, 4.69) is 29.4 Å². The highest BCUT2D eigenvalue weighted by Crippen LogP contribution is 2.37. The minimum atomic E-state index is 0.702. The summed E-state index contributed by atoms with van der Waals surface area (Å²) in [4.78, 5) is 2.66. The predicted molar refractivity (Wildman–Crippen MR) is 76.1 cm³/mol. The molecule has 0 aromatic rings. The summed E-state index contributed by atoms with van der Waals surface area (Å²) in [7, 11) is 0. The molecule has 3 fully saturated rings. The lowest BCUT2D eigenvalue weighted by atomic mass is 9.74. The van der Waals surface area contributed by atoms with Gasteiger partial charge >= 0.3 is 0 Å². The van der Waals surface area contributed by atoms with Crippen LogP contribution in [-0.2, 0) is 0 Å². The third-order valence-electron chi connectivity index (χ3n) is 4.37. The second kappa shape index (κ2) is 6.01. The van der Waals surface area contributed by atoms with E-state index in [0.717, 1.165) is 30.0 Å². The van der Waals surface area contributed by atoms with Crippen molar-refractivity contribution in [2.24, 2.45) is 11.8 Å². The van der Waals surface area contributed by atoms with Crippen LogP contribution in [0.3, 0.4) is 0 Å². The lowest BCUT2D eigenvalue weighted by molar-refractivity contribution is 0.00205. The van der Waals surface area contributed by atoms with E-state index in [4.69, 9.17) is 12.2 Å². The molecule has 0 aromatic heterocycles. The molecule has 98 valence electrons.